The van der Waals surface area contributed by atoms with Crippen LogP contribution in [0, 0.1) is 0 Å². The molecule has 1 aromatic carbocycles. The van der Waals surface area contributed by atoms with E-state index in [1.54, 1.807) is 24.2 Å². The van der Waals surface area contributed by atoms with Gasteiger partial charge in [-0.25, -0.2) is 0 Å². The molecule has 0 spiro atoms. The van der Waals surface area contributed by atoms with Gasteiger partial charge in [0.25, 0.3) is 0 Å². The highest BCUT2D eigenvalue weighted by atomic mass is 32.2. The molecule has 4 heteroatoms. The van der Waals surface area contributed by atoms with Crippen LogP contribution in [-0.4, -0.2) is 9.97 Å². The highest BCUT2D eigenvalue weighted by molar-refractivity contribution is 7.98. The predicted octanol–water partition coefficient (Wildman–Crippen LogP) is 3.50. The molecule has 0 aliphatic heterocycles. The van der Waals surface area contributed by atoms with Gasteiger partial charge in [0.1, 0.15) is 0 Å². The van der Waals surface area contributed by atoms with Crippen molar-refractivity contribution in [2.24, 2.45) is 0 Å². The van der Waals surface area contributed by atoms with Gasteiger partial charge in [0.15, 0.2) is 0 Å². The summed E-state index contributed by atoms with van der Waals surface area (Å²) < 4.78 is 0. The highest BCUT2D eigenvalue weighted by Crippen LogP contribution is 2.27. The standard InChI is InChI=1S/C15H13N3S/c16-13-9-17-8-7-15(13)19-10-12-6-5-11-3-1-2-4-14(11)18-12/h1-9H,10,16H2. The first-order valence-electron chi connectivity index (χ1n) is 6.00. The Hall–Kier alpha value is -2.07. The fraction of sp³-hybridized carbons (Fsp3) is 0.0667. The number of pyridine rings is 2. The first kappa shape index (κ1) is 12.0. The number of nitrogen functional groups attached to an aromatic ring is 1. The second kappa shape index (κ2) is 5.28. The molecular formula is C15H13N3S. The van der Waals surface area contributed by atoms with Gasteiger partial charge in [-0.2, -0.15) is 0 Å². The monoisotopic (exact) mass is 267 g/mol. The summed E-state index contributed by atoms with van der Waals surface area (Å²) in [6.45, 7) is 0. The van der Waals surface area contributed by atoms with Crippen LogP contribution < -0.4 is 5.73 Å². The van der Waals surface area contributed by atoms with Gasteiger partial charge in [0.2, 0.25) is 0 Å². The molecular weight excluding hydrogens is 254 g/mol. The van der Waals surface area contributed by atoms with Gasteiger partial charge in [-0.3, -0.25) is 9.97 Å². The number of aromatic nitrogens is 2. The number of hydrogen-bond acceptors (Lipinski definition) is 4. The minimum Gasteiger partial charge on any atom is -0.397 e. The Labute approximate surface area is 115 Å². The Balaban J connectivity index is 1.80. The van der Waals surface area contributed by atoms with Gasteiger partial charge in [0.05, 0.1) is 23.1 Å². The minimum atomic E-state index is 0.716. The molecule has 0 radical (unpaired) electrons. The van der Waals surface area contributed by atoms with E-state index in [9.17, 15) is 0 Å². The summed E-state index contributed by atoms with van der Waals surface area (Å²) in [6, 6.07) is 14.2. The summed E-state index contributed by atoms with van der Waals surface area (Å²) in [5.74, 6) is 0.805. The van der Waals surface area contributed by atoms with E-state index >= 15 is 0 Å². The highest BCUT2D eigenvalue weighted by Gasteiger charge is 2.02. The molecule has 3 rings (SSSR count). The molecule has 0 aliphatic carbocycles. The second-order valence-corrected chi connectivity index (χ2v) is 5.21. The van der Waals surface area contributed by atoms with Gasteiger partial charge < -0.3 is 5.73 Å². The number of anilines is 1. The zero-order valence-corrected chi connectivity index (χ0v) is 11.1. The molecule has 0 atom stereocenters. The Morgan fingerprint density at radius 2 is 1.95 bits per heavy atom. The van der Waals surface area contributed by atoms with Crippen LogP contribution in [0.3, 0.4) is 0 Å². The van der Waals surface area contributed by atoms with Crippen LogP contribution in [0.25, 0.3) is 10.9 Å². The van der Waals surface area contributed by atoms with Crippen LogP contribution >= 0.6 is 11.8 Å². The smallest absolute Gasteiger partial charge is 0.0705 e. The summed E-state index contributed by atoms with van der Waals surface area (Å²) in [5, 5.41) is 1.17. The van der Waals surface area contributed by atoms with Gasteiger partial charge in [-0.05, 0) is 18.2 Å². The molecule has 0 saturated carbocycles. The molecule has 3 aromatic rings. The number of para-hydroxylation sites is 1. The lowest BCUT2D eigenvalue weighted by Gasteiger charge is -2.05. The van der Waals surface area contributed by atoms with Crippen LogP contribution in [0.5, 0.6) is 0 Å². The van der Waals surface area contributed by atoms with Gasteiger partial charge in [-0.15, -0.1) is 11.8 Å². The fourth-order valence-electron chi connectivity index (χ4n) is 1.87. The Morgan fingerprint density at radius 3 is 2.84 bits per heavy atom. The van der Waals surface area contributed by atoms with Crippen LogP contribution in [0.1, 0.15) is 5.69 Å². The van der Waals surface area contributed by atoms with Gasteiger partial charge in [0, 0.05) is 22.2 Å². The Kier molecular flexibility index (Phi) is 3.33. The quantitative estimate of drug-likeness (QED) is 0.738. The molecule has 19 heavy (non-hydrogen) atoms. The topological polar surface area (TPSA) is 51.8 Å². The van der Waals surface area contributed by atoms with Gasteiger partial charge in [-0.1, -0.05) is 24.3 Å². The normalized spacial score (nSPS) is 10.7. The Bertz CT molecular complexity index is 712. The van der Waals surface area contributed by atoms with Crippen molar-refractivity contribution in [1.29, 1.82) is 0 Å². The fourth-order valence-corrected chi connectivity index (χ4v) is 2.71. The maximum atomic E-state index is 5.87. The van der Waals surface area contributed by atoms with Crippen LogP contribution in [-0.2, 0) is 5.75 Å². The molecule has 0 amide bonds. The molecule has 2 heterocycles. The van der Waals surface area contributed by atoms with Gasteiger partial charge >= 0.3 is 0 Å². The molecule has 0 fully saturated rings. The molecule has 0 aliphatic rings. The first-order valence-corrected chi connectivity index (χ1v) is 6.98. The summed E-state index contributed by atoms with van der Waals surface area (Å²) in [5.41, 5.74) is 8.67. The lowest BCUT2D eigenvalue weighted by atomic mass is 10.2. The Morgan fingerprint density at radius 1 is 1.05 bits per heavy atom. The molecule has 2 aromatic heterocycles. The maximum absolute atomic E-state index is 5.87. The third-order valence-corrected chi connectivity index (χ3v) is 3.96. The molecule has 94 valence electrons. The second-order valence-electron chi connectivity index (χ2n) is 4.20. The van der Waals surface area contributed by atoms with E-state index in [1.165, 1.54) is 5.39 Å². The molecule has 3 nitrogen and oxygen atoms in total. The molecule has 0 unspecified atom stereocenters. The summed E-state index contributed by atoms with van der Waals surface area (Å²) >= 11 is 1.68. The lowest BCUT2D eigenvalue weighted by molar-refractivity contribution is 1.21. The zero-order chi connectivity index (χ0) is 13.1. The zero-order valence-electron chi connectivity index (χ0n) is 10.3. The molecule has 0 bridgehead atoms. The van der Waals surface area contributed by atoms with Crippen molar-refractivity contribution in [3.8, 4) is 0 Å². The third kappa shape index (κ3) is 2.69. The van der Waals surface area contributed by atoms with Crippen molar-refractivity contribution < 1.29 is 0 Å². The largest absolute Gasteiger partial charge is 0.397 e. The van der Waals surface area contributed by atoms with Crippen molar-refractivity contribution in [1.82, 2.24) is 9.97 Å². The first-order chi connectivity index (χ1) is 9.33. The number of nitrogens with two attached hydrogens (primary N) is 1. The molecule has 2 N–H and O–H groups in total. The maximum Gasteiger partial charge on any atom is 0.0705 e. The van der Waals surface area contributed by atoms with Crippen LogP contribution in [0.15, 0.2) is 59.8 Å². The summed E-state index contributed by atoms with van der Waals surface area (Å²) in [6.07, 6.45) is 3.43. The van der Waals surface area contributed by atoms with Crippen molar-refractivity contribution in [2.75, 3.05) is 5.73 Å². The number of thioether (sulfide) groups is 1. The summed E-state index contributed by atoms with van der Waals surface area (Å²) in [7, 11) is 0. The van der Waals surface area contributed by atoms with Crippen LogP contribution in [0.2, 0.25) is 0 Å². The third-order valence-electron chi connectivity index (χ3n) is 2.84. The van der Waals surface area contributed by atoms with E-state index in [1.807, 2.05) is 24.3 Å². The average molecular weight is 267 g/mol. The van der Waals surface area contributed by atoms with E-state index < -0.39 is 0 Å². The average Bonchev–Trinajstić information content (AvgIpc) is 2.46. The number of rotatable bonds is 3. The van der Waals surface area contributed by atoms with E-state index in [2.05, 4.69) is 28.2 Å². The predicted molar refractivity (Wildman–Crippen MR) is 80.0 cm³/mol. The van der Waals surface area contributed by atoms with Crippen molar-refractivity contribution in [3.05, 3.63) is 60.6 Å². The van der Waals surface area contributed by atoms with E-state index in [0.29, 0.717) is 5.69 Å². The minimum absolute atomic E-state index is 0.716. The summed E-state index contributed by atoms with van der Waals surface area (Å²) in [4.78, 5) is 9.68. The molecule has 0 saturated heterocycles. The van der Waals surface area contributed by atoms with Crippen molar-refractivity contribution in [3.63, 3.8) is 0 Å². The van der Waals surface area contributed by atoms with Crippen LogP contribution in [0.4, 0.5) is 5.69 Å². The van der Waals surface area contributed by atoms with E-state index in [4.69, 9.17) is 5.73 Å². The number of benzene rings is 1. The van der Waals surface area contributed by atoms with Crippen molar-refractivity contribution >= 4 is 28.4 Å². The number of hydrogen-bond donors (Lipinski definition) is 1. The van der Waals surface area contributed by atoms with E-state index in [0.717, 1.165) is 21.9 Å². The lowest BCUT2D eigenvalue weighted by Crippen LogP contribution is -1.91. The van der Waals surface area contributed by atoms with E-state index in [-0.39, 0.29) is 0 Å². The van der Waals surface area contributed by atoms with Crippen molar-refractivity contribution in [2.45, 2.75) is 10.6 Å². The number of nitrogens with zero attached hydrogens (tertiary/aromatic N) is 2. The number of fused-ring (bicyclic) bond motifs is 1. The SMILES string of the molecule is Nc1cnccc1SCc1ccc2ccccc2n1.